The number of para-hydroxylation sites is 1. The molecule has 1 aliphatic heterocycles. The molecule has 8 heteroatoms. The number of piperazine rings is 1. The van der Waals surface area contributed by atoms with Crippen LogP contribution in [0.5, 0.6) is 0 Å². The van der Waals surface area contributed by atoms with Crippen molar-refractivity contribution < 1.29 is 14.3 Å². The summed E-state index contributed by atoms with van der Waals surface area (Å²) in [5.41, 5.74) is 1.58. The second-order valence-electron chi connectivity index (χ2n) is 9.11. The number of hydrogen-bond donors (Lipinski definition) is 1. The molecule has 1 aromatic carbocycles. The van der Waals surface area contributed by atoms with E-state index in [1.165, 1.54) is 5.56 Å². The molecule has 1 aromatic heterocycles. The van der Waals surface area contributed by atoms with E-state index in [1.807, 2.05) is 50.1 Å². The third-order valence-electron chi connectivity index (χ3n) is 5.42. The number of ether oxygens (including phenoxy) is 1. The monoisotopic (exact) mass is 458 g/mol. The van der Waals surface area contributed by atoms with Crippen LogP contribution in [0, 0.1) is 6.92 Å². The second-order valence-corrected chi connectivity index (χ2v) is 10.1. The predicted molar refractivity (Wildman–Crippen MR) is 131 cm³/mol. The number of thioether (sulfide) groups is 1. The second kappa shape index (κ2) is 10.4. The number of alkyl carbamates (subject to hydrolysis) is 1. The standard InChI is InChI=1S/C24H34N4O3S/c1-17-16-21(25-19-9-7-6-8-18(17)19)27-11-13-28(14-12-27)22(29)20(10-15-32-5)26-23(30)31-24(2,3)4/h6-9,16,20H,10-15H2,1-5H3,(H,26,30). The lowest BCUT2D eigenvalue weighted by molar-refractivity contribution is -0.133. The number of aromatic nitrogens is 1. The molecule has 1 atom stereocenters. The van der Waals surface area contributed by atoms with Crippen LogP contribution >= 0.6 is 11.8 Å². The van der Waals surface area contributed by atoms with Gasteiger partial charge in [-0.2, -0.15) is 11.8 Å². The molecule has 1 aliphatic rings. The Kier molecular flexibility index (Phi) is 7.87. The van der Waals surface area contributed by atoms with Gasteiger partial charge in [-0.1, -0.05) is 18.2 Å². The number of carbonyl (C=O) groups is 2. The number of pyridine rings is 1. The lowest BCUT2D eigenvalue weighted by atomic mass is 10.1. The molecule has 2 amide bonds. The van der Waals surface area contributed by atoms with E-state index in [0.717, 1.165) is 22.5 Å². The molecule has 32 heavy (non-hydrogen) atoms. The van der Waals surface area contributed by atoms with Gasteiger partial charge >= 0.3 is 6.09 Å². The molecule has 0 aliphatic carbocycles. The SMILES string of the molecule is CSCCC(NC(=O)OC(C)(C)C)C(=O)N1CCN(c2cc(C)c3ccccc3n2)CC1. The molecule has 0 spiro atoms. The first-order valence-electron chi connectivity index (χ1n) is 11.1. The average molecular weight is 459 g/mol. The van der Waals surface area contributed by atoms with Crippen molar-refractivity contribution >= 4 is 40.5 Å². The quantitative estimate of drug-likeness (QED) is 0.709. The number of benzene rings is 1. The summed E-state index contributed by atoms with van der Waals surface area (Å²) < 4.78 is 5.36. The number of carbonyl (C=O) groups excluding carboxylic acids is 2. The number of nitrogens with zero attached hydrogens (tertiary/aromatic N) is 3. The molecule has 3 rings (SSSR count). The number of amides is 2. The minimum absolute atomic E-state index is 0.0489. The zero-order valence-corrected chi connectivity index (χ0v) is 20.5. The minimum atomic E-state index is -0.603. The van der Waals surface area contributed by atoms with E-state index in [9.17, 15) is 9.59 Å². The van der Waals surface area contributed by atoms with Gasteiger partial charge in [-0.15, -0.1) is 0 Å². The van der Waals surface area contributed by atoms with Gasteiger partial charge in [-0.3, -0.25) is 4.79 Å². The van der Waals surface area contributed by atoms with E-state index in [0.29, 0.717) is 32.6 Å². The van der Waals surface area contributed by atoms with Crippen LogP contribution in [0.4, 0.5) is 10.6 Å². The average Bonchev–Trinajstić information content (AvgIpc) is 2.75. The normalized spacial score (nSPS) is 15.5. The van der Waals surface area contributed by atoms with Gasteiger partial charge in [0.25, 0.3) is 0 Å². The first-order chi connectivity index (χ1) is 15.2. The van der Waals surface area contributed by atoms with Gasteiger partial charge in [0.1, 0.15) is 17.5 Å². The molecule has 0 radical (unpaired) electrons. The van der Waals surface area contributed by atoms with Crippen LogP contribution in [0.1, 0.15) is 32.8 Å². The topological polar surface area (TPSA) is 74.8 Å². The fourth-order valence-electron chi connectivity index (χ4n) is 3.81. The molecular weight excluding hydrogens is 424 g/mol. The lowest BCUT2D eigenvalue weighted by Crippen LogP contribution is -2.55. The summed E-state index contributed by atoms with van der Waals surface area (Å²) in [5, 5.41) is 3.95. The summed E-state index contributed by atoms with van der Waals surface area (Å²) >= 11 is 1.65. The highest BCUT2D eigenvalue weighted by atomic mass is 32.2. The van der Waals surface area contributed by atoms with E-state index in [1.54, 1.807) is 11.8 Å². The number of fused-ring (bicyclic) bond motifs is 1. The number of nitrogens with one attached hydrogen (secondary N) is 1. The first-order valence-corrected chi connectivity index (χ1v) is 12.5. The van der Waals surface area contributed by atoms with E-state index < -0.39 is 17.7 Å². The maximum atomic E-state index is 13.2. The molecule has 2 aromatic rings. The van der Waals surface area contributed by atoms with E-state index >= 15 is 0 Å². The van der Waals surface area contributed by atoms with Gasteiger partial charge in [0, 0.05) is 31.6 Å². The van der Waals surface area contributed by atoms with Crippen LogP contribution in [0.15, 0.2) is 30.3 Å². The smallest absolute Gasteiger partial charge is 0.408 e. The van der Waals surface area contributed by atoms with Gasteiger partial charge < -0.3 is 19.9 Å². The summed E-state index contributed by atoms with van der Waals surface area (Å²) in [6.07, 6.45) is 2.02. The molecule has 0 saturated carbocycles. The summed E-state index contributed by atoms with van der Waals surface area (Å²) in [7, 11) is 0. The molecule has 7 nitrogen and oxygen atoms in total. The fourth-order valence-corrected chi connectivity index (χ4v) is 4.28. The van der Waals surface area contributed by atoms with E-state index in [2.05, 4.69) is 29.3 Å². The van der Waals surface area contributed by atoms with Gasteiger partial charge in [-0.05, 0) is 63.8 Å². The van der Waals surface area contributed by atoms with Crippen molar-refractivity contribution in [3.63, 3.8) is 0 Å². The van der Waals surface area contributed by atoms with Gasteiger partial charge in [-0.25, -0.2) is 9.78 Å². The van der Waals surface area contributed by atoms with Crippen molar-refractivity contribution in [2.24, 2.45) is 0 Å². The zero-order chi connectivity index (χ0) is 23.3. The third-order valence-corrected chi connectivity index (χ3v) is 6.07. The highest BCUT2D eigenvalue weighted by molar-refractivity contribution is 7.98. The van der Waals surface area contributed by atoms with Crippen LogP contribution in [0.25, 0.3) is 10.9 Å². The van der Waals surface area contributed by atoms with Gasteiger partial charge in [0.05, 0.1) is 5.52 Å². The summed E-state index contributed by atoms with van der Waals surface area (Å²) in [4.78, 5) is 34.3. The Morgan fingerprint density at radius 1 is 1.19 bits per heavy atom. The Morgan fingerprint density at radius 3 is 2.53 bits per heavy atom. The van der Waals surface area contributed by atoms with Crippen LogP contribution in [0.3, 0.4) is 0 Å². The molecule has 1 saturated heterocycles. The first kappa shape index (κ1) is 24.2. The highest BCUT2D eigenvalue weighted by Crippen LogP contribution is 2.23. The zero-order valence-electron chi connectivity index (χ0n) is 19.7. The minimum Gasteiger partial charge on any atom is -0.444 e. The third kappa shape index (κ3) is 6.28. The molecule has 1 unspecified atom stereocenters. The van der Waals surface area contributed by atoms with Crippen molar-refractivity contribution in [2.75, 3.05) is 43.1 Å². The number of hydrogen-bond acceptors (Lipinski definition) is 6. The van der Waals surface area contributed by atoms with Crippen LogP contribution in [0.2, 0.25) is 0 Å². The Morgan fingerprint density at radius 2 is 1.88 bits per heavy atom. The molecule has 2 heterocycles. The number of anilines is 1. The van der Waals surface area contributed by atoms with Crippen molar-refractivity contribution in [3.8, 4) is 0 Å². The summed E-state index contributed by atoms with van der Waals surface area (Å²) in [6.45, 7) is 10.1. The number of aryl methyl sites for hydroxylation is 1. The van der Waals surface area contributed by atoms with Gasteiger partial charge in [0.15, 0.2) is 0 Å². The summed E-state index contributed by atoms with van der Waals surface area (Å²) in [6, 6.07) is 9.69. The molecular formula is C24H34N4O3S. The van der Waals surface area contributed by atoms with Crippen LogP contribution < -0.4 is 10.2 Å². The summed E-state index contributed by atoms with van der Waals surface area (Å²) in [5.74, 6) is 1.68. The lowest BCUT2D eigenvalue weighted by Gasteiger charge is -2.37. The molecule has 1 fully saturated rings. The largest absolute Gasteiger partial charge is 0.444 e. The van der Waals surface area contributed by atoms with Crippen LogP contribution in [-0.4, -0.2) is 71.7 Å². The Labute approximate surface area is 194 Å². The van der Waals surface area contributed by atoms with E-state index in [4.69, 9.17) is 9.72 Å². The Balaban J connectivity index is 1.64. The molecule has 174 valence electrons. The number of rotatable bonds is 6. The van der Waals surface area contributed by atoms with Crippen molar-refractivity contribution in [1.82, 2.24) is 15.2 Å². The predicted octanol–water partition coefficient (Wildman–Crippen LogP) is 3.84. The maximum absolute atomic E-state index is 13.2. The fraction of sp³-hybridized carbons (Fsp3) is 0.542. The van der Waals surface area contributed by atoms with Crippen molar-refractivity contribution in [2.45, 2.75) is 45.8 Å². The van der Waals surface area contributed by atoms with Crippen molar-refractivity contribution in [1.29, 1.82) is 0 Å². The Hall–Kier alpha value is -2.48. The maximum Gasteiger partial charge on any atom is 0.408 e. The molecule has 1 N–H and O–H groups in total. The van der Waals surface area contributed by atoms with Crippen molar-refractivity contribution in [3.05, 3.63) is 35.9 Å². The van der Waals surface area contributed by atoms with Crippen LogP contribution in [-0.2, 0) is 9.53 Å². The Bertz CT molecular complexity index is 952. The van der Waals surface area contributed by atoms with Gasteiger partial charge in [0.2, 0.25) is 5.91 Å². The molecule has 0 bridgehead atoms. The van der Waals surface area contributed by atoms with E-state index in [-0.39, 0.29) is 5.91 Å². The highest BCUT2D eigenvalue weighted by Gasteiger charge is 2.30.